The van der Waals surface area contributed by atoms with Gasteiger partial charge in [-0.1, -0.05) is 0 Å². The summed E-state index contributed by atoms with van der Waals surface area (Å²) in [5, 5.41) is 10.8. The molecule has 4 saturated carbocycles. The summed E-state index contributed by atoms with van der Waals surface area (Å²) in [7, 11) is 1.38. The van der Waals surface area contributed by atoms with Crippen molar-refractivity contribution in [3.05, 3.63) is 47.5 Å². The van der Waals surface area contributed by atoms with Gasteiger partial charge in [-0.3, -0.25) is 0 Å². The Hall–Kier alpha value is -2.82. The Labute approximate surface area is 175 Å². The maximum atomic E-state index is 11.8. The van der Waals surface area contributed by atoms with E-state index in [1.54, 1.807) is 12.1 Å². The van der Waals surface area contributed by atoms with Crippen molar-refractivity contribution in [1.29, 1.82) is 0 Å². The predicted molar refractivity (Wildman–Crippen MR) is 114 cm³/mol. The minimum atomic E-state index is -0.359. The van der Waals surface area contributed by atoms with Crippen molar-refractivity contribution in [3.8, 4) is 17.1 Å². The Kier molecular flexibility index (Phi) is 3.80. The molecule has 3 aromatic rings. The molecule has 30 heavy (non-hydrogen) atoms. The van der Waals surface area contributed by atoms with Crippen LogP contribution in [0.2, 0.25) is 0 Å². The number of nitrogens with zero attached hydrogens (tertiary/aromatic N) is 1. The summed E-state index contributed by atoms with van der Waals surface area (Å²) in [5.41, 5.74) is 4.32. The molecule has 1 heterocycles. The number of carbonyl (C=O) groups is 1. The van der Waals surface area contributed by atoms with Gasteiger partial charge in [0.1, 0.15) is 11.6 Å². The first-order chi connectivity index (χ1) is 14.5. The molecular formula is C25H26N2O3. The number of hydrogen-bond donors (Lipinski definition) is 2. The van der Waals surface area contributed by atoms with Crippen molar-refractivity contribution < 1.29 is 14.6 Å². The highest BCUT2D eigenvalue weighted by Gasteiger charge is 2.52. The second kappa shape index (κ2) is 6.34. The van der Waals surface area contributed by atoms with E-state index in [-0.39, 0.29) is 11.4 Å². The zero-order valence-corrected chi connectivity index (χ0v) is 17.1. The zero-order valence-electron chi connectivity index (χ0n) is 17.1. The van der Waals surface area contributed by atoms with Gasteiger partial charge in [-0.05, 0) is 98.1 Å². The Balaban J connectivity index is 1.41. The highest BCUT2D eigenvalue weighted by atomic mass is 16.5. The van der Waals surface area contributed by atoms with Crippen molar-refractivity contribution >= 4 is 17.0 Å². The smallest absolute Gasteiger partial charge is 0.337 e. The molecule has 5 nitrogen and oxygen atoms in total. The van der Waals surface area contributed by atoms with Gasteiger partial charge in [0, 0.05) is 11.1 Å². The monoisotopic (exact) mass is 402 g/mol. The van der Waals surface area contributed by atoms with Crippen LogP contribution in [-0.2, 0) is 10.2 Å². The number of phenols is 1. The van der Waals surface area contributed by atoms with E-state index in [1.807, 2.05) is 18.2 Å². The summed E-state index contributed by atoms with van der Waals surface area (Å²) < 4.78 is 4.82. The molecule has 5 heteroatoms. The van der Waals surface area contributed by atoms with Gasteiger partial charge in [0.2, 0.25) is 0 Å². The molecule has 7 rings (SSSR count). The molecule has 2 N–H and O–H groups in total. The van der Waals surface area contributed by atoms with E-state index in [0.717, 1.165) is 45.7 Å². The Morgan fingerprint density at radius 2 is 1.77 bits per heavy atom. The molecule has 4 fully saturated rings. The number of fused-ring (bicyclic) bond motifs is 1. The van der Waals surface area contributed by atoms with Crippen LogP contribution in [0.3, 0.4) is 0 Å². The van der Waals surface area contributed by atoms with E-state index >= 15 is 0 Å². The van der Waals surface area contributed by atoms with Crippen LogP contribution >= 0.6 is 0 Å². The number of aromatic hydroxyl groups is 1. The number of benzene rings is 2. The lowest BCUT2D eigenvalue weighted by Crippen LogP contribution is -2.48. The minimum absolute atomic E-state index is 0.124. The van der Waals surface area contributed by atoms with Crippen molar-refractivity contribution in [2.24, 2.45) is 17.8 Å². The fraction of sp³-hybridized carbons (Fsp3) is 0.440. The SMILES string of the molecule is COC(=O)c1ccc2nc(-c3ccc(O)c(C45CC6CC(CC(C6)C4)C5)c3)[nH]c2c1. The zero-order chi connectivity index (χ0) is 20.5. The predicted octanol–water partition coefficient (Wildman–Crippen LogP) is 5.19. The number of nitrogens with one attached hydrogen (secondary N) is 1. The lowest BCUT2D eigenvalue weighted by Gasteiger charge is -2.57. The van der Waals surface area contributed by atoms with Crippen molar-refractivity contribution in [3.63, 3.8) is 0 Å². The molecule has 0 amide bonds. The minimum Gasteiger partial charge on any atom is -0.508 e. The third-order valence-corrected chi connectivity index (χ3v) is 7.78. The fourth-order valence-electron chi connectivity index (χ4n) is 6.94. The molecule has 2 aromatic carbocycles. The number of hydrogen-bond acceptors (Lipinski definition) is 4. The number of aromatic amines is 1. The normalized spacial score (nSPS) is 29.4. The van der Waals surface area contributed by atoms with Crippen LogP contribution < -0.4 is 0 Å². The number of aromatic nitrogens is 2. The third kappa shape index (κ3) is 2.68. The molecule has 0 saturated heterocycles. The van der Waals surface area contributed by atoms with Gasteiger partial charge in [-0.15, -0.1) is 0 Å². The van der Waals surface area contributed by atoms with E-state index < -0.39 is 0 Å². The largest absolute Gasteiger partial charge is 0.508 e. The highest BCUT2D eigenvalue weighted by molar-refractivity contribution is 5.94. The molecule has 1 aromatic heterocycles. The number of esters is 1. The van der Waals surface area contributed by atoms with Crippen LogP contribution in [0.5, 0.6) is 5.75 Å². The maximum Gasteiger partial charge on any atom is 0.337 e. The van der Waals surface area contributed by atoms with Gasteiger partial charge in [-0.25, -0.2) is 9.78 Å². The average molecular weight is 402 g/mol. The second-order valence-electron chi connectivity index (χ2n) is 9.74. The van der Waals surface area contributed by atoms with Crippen LogP contribution in [0.15, 0.2) is 36.4 Å². The van der Waals surface area contributed by atoms with Gasteiger partial charge in [0.05, 0.1) is 23.7 Å². The number of phenolic OH excluding ortho intramolecular Hbond substituents is 1. The highest BCUT2D eigenvalue weighted by Crippen LogP contribution is 2.62. The quantitative estimate of drug-likeness (QED) is 0.591. The van der Waals surface area contributed by atoms with Crippen LogP contribution in [0.1, 0.15) is 54.4 Å². The Morgan fingerprint density at radius 1 is 1.07 bits per heavy atom. The summed E-state index contributed by atoms with van der Waals surface area (Å²) in [6.07, 6.45) is 7.76. The second-order valence-corrected chi connectivity index (χ2v) is 9.74. The molecule has 4 aliphatic rings. The standard InChI is InChI=1S/C25H26N2O3/c1-30-24(29)18-2-4-20-21(10-18)27-23(26-20)17-3-5-22(28)19(9-17)25-11-14-6-15(12-25)8-16(7-14)13-25/h2-5,9-10,14-16,28H,6-8,11-13H2,1H3,(H,26,27). The van der Waals surface area contributed by atoms with Gasteiger partial charge in [0.25, 0.3) is 0 Å². The third-order valence-electron chi connectivity index (χ3n) is 7.78. The van der Waals surface area contributed by atoms with E-state index in [2.05, 4.69) is 11.1 Å². The van der Waals surface area contributed by atoms with E-state index in [4.69, 9.17) is 9.72 Å². The lowest BCUT2D eigenvalue weighted by molar-refractivity contribution is -0.00611. The molecule has 154 valence electrons. The average Bonchev–Trinajstić information content (AvgIpc) is 3.15. The van der Waals surface area contributed by atoms with Crippen LogP contribution in [0.4, 0.5) is 0 Å². The number of imidazole rings is 1. The van der Waals surface area contributed by atoms with Gasteiger partial charge in [0.15, 0.2) is 0 Å². The number of carbonyl (C=O) groups excluding carboxylic acids is 1. The summed E-state index contributed by atoms with van der Waals surface area (Å²) >= 11 is 0. The van der Waals surface area contributed by atoms with Crippen LogP contribution in [0, 0.1) is 17.8 Å². The molecular weight excluding hydrogens is 376 g/mol. The molecule has 4 aliphatic carbocycles. The molecule has 0 radical (unpaired) electrons. The molecule has 4 bridgehead atoms. The summed E-state index contributed by atoms with van der Waals surface area (Å²) in [6.45, 7) is 0. The lowest BCUT2D eigenvalue weighted by atomic mass is 9.48. The number of ether oxygens (including phenoxy) is 1. The topological polar surface area (TPSA) is 75.2 Å². The van der Waals surface area contributed by atoms with Crippen LogP contribution in [-0.4, -0.2) is 28.2 Å². The first-order valence-corrected chi connectivity index (χ1v) is 10.9. The van der Waals surface area contributed by atoms with Crippen molar-refractivity contribution in [2.45, 2.75) is 43.9 Å². The van der Waals surface area contributed by atoms with Gasteiger partial charge in [-0.2, -0.15) is 0 Å². The summed E-state index contributed by atoms with van der Waals surface area (Å²) in [4.78, 5) is 19.9. The molecule has 0 spiro atoms. The summed E-state index contributed by atoms with van der Waals surface area (Å²) in [6, 6.07) is 11.3. The van der Waals surface area contributed by atoms with E-state index in [0.29, 0.717) is 11.3 Å². The van der Waals surface area contributed by atoms with Gasteiger partial charge < -0.3 is 14.8 Å². The van der Waals surface area contributed by atoms with Crippen molar-refractivity contribution in [1.82, 2.24) is 9.97 Å². The number of rotatable bonds is 3. The van der Waals surface area contributed by atoms with Crippen molar-refractivity contribution in [2.75, 3.05) is 7.11 Å². The first kappa shape index (κ1) is 18.0. The molecule has 0 unspecified atom stereocenters. The van der Waals surface area contributed by atoms with E-state index in [1.165, 1.54) is 45.6 Å². The maximum absolute atomic E-state index is 11.8. The Bertz CT molecular complexity index is 1130. The molecule has 0 aliphatic heterocycles. The number of H-pyrrole nitrogens is 1. The summed E-state index contributed by atoms with van der Waals surface area (Å²) in [5.74, 6) is 3.29. The van der Waals surface area contributed by atoms with E-state index in [9.17, 15) is 9.90 Å². The van der Waals surface area contributed by atoms with Crippen LogP contribution in [0.25, 0.3) is 22.4 Å². The first-order valence-electron chi connectivity index (χ1n) is 10.9. The molecule has 0 atom stereocenters. The number of methoxy groups -OCH3 is 1. The Morgan fingerprint density at radius 3 is 2.43 bits per heavy atom. The fourth-order valence-corrected chi connectivity index (χ4v) is 6.94. The van der Waals surface area contributed by atoms with Gasteiger partial charge >= 0.3 is 5.97 Å².